The summed E-state index contributed by atoms with van der Waals surface area (Å²) in [6.45, 7) is 10.9. The van der Waals surface area contributed by atoms with E-state index >= 15 is 0 Å². The lowest BCUT2D eigenvalue weighted by atomic mass is 10.1. The Labute approximate surface area is 194 Å². The topological polar surface area (TPSA) is 73.6 Å². The number of hydrogen-bond acceptors (Lipinski definition) is 8. The Morgan fingerprint density at radius 3 is 2.72 bits per heavy atom. The molecule has 0 saturated carbocycles. The van der Waals surface area contributed by atoms with Gasteiger partial charge in [-0.1, -0.05) is 26.0 Å². The van der Waals surface area contributed by atoms with Gasteiger partial charge in [-0.2, -0.15) is 14.0 Å². The molecule has 32 heavy (non-hydrogen) atoms. The van der Waals surface area contributed by atoms with Gasteiger partial charge in [0.1, 0.15) is 16.6 Å². The molecule has 2 N–H and O–H groups in total. The normalized spacial score (nSPS) is 11.7. The van der Waals surface area contributed by atoms with Crippen molar-refractivity contribution >= 4 is 39.4 Å². The average Bonchev–Trinajstić information content (AvgIpc) is 3.38. The van der Waals surface area contributed by atoms with Crippen molar-refractivity contribution in [3.63, 3.8) is 0 Å². The summed E-state index contributed by atoms with van der Waals surface area (Å²) in [7, 11) is 5.97. The van der Waals surface area contributed by atoms with Crippen LogP contribution in [0, 0.1) is 6.92 Å². The van der Waals surface area contributed by atoms with Gasteiger partial charge in [0.2, 0.25) is 0 Å². The molecular formula is C23H34N8S. The highest BCUT2D eigenvalue weighted by molar-refractivity contribution is 7.10. The molecule has 3 rings (SSSR count). The van der Waals surface area contributed by atoms with Gasteiger partial charge in [-0.05, 0) is 38.0 Å². The number of nitrogens with zero attached hydrogens (tertiary/aromatic N) is 6. The molecule has 0 aliphatic carbocycles. The number of anilines is 3. The van der Waals surface area contributed by atoms with Gasteiger partial charge in [0.25, 0.3) is 0 Å². The first-order valence-corrected chi connectivity index (χ1v) is 11.7. The maximum Gasteiger partial charge on any atom is 0.167 e. The highest BCUT2D eigenvalue weighted by atomic mass is 32.1. The second-order valence-electron chi connectivity index (χ2n) is 7.95. The van der Waals surface area contributed by atoms with Gasteiger partial charge in [0, 0.05) is 57.1 Å². The van der Waals surface area contributed by atoms with Crippen LogP contribution in [0.1, 0.15) is 31.0 Å². The van der Waals surface area contributed by atoms with Crippen LogP contribution in [-0.4, -0.2) is 64.6 Å². The predicted molar refractivity (Wildman–Crippen MR) is 136 cm³/mol. The Kier molecular flexibility index (Phi) is 8.24. The molecule has 3 aromatic heterocycles. The first-order valence-electron chi connectivity index (χ1n) is 11.0. The van der Waals surface area contributed by atoms with E-state index in [0.29, 0.717) is 0 Å². The zero-order chi connectivity index (χ0) is 23.1. The van der Waals surface area contributed by atoms with Gasteiger partial charge in [-0.15, -0.1) is 0 Å². The Balaban J connectivity index is 2.15. The summed E-state index contributed by atoms with van der Waals surface area (Å²) in [6, 6.07) is 4.12. The molecule has 0 saturated heterocycles. The van der Waals surface area contributed by atoms with E-state index in [-0.39, 0.29) is 0 Å². The summed E-state index contributed by atoms with van der Waals surface area (Å²) in [5.41, 5.74) is 3.71. The molecule has 0 aliphatic rings. The number of aromatic nitrogens is 4. The number of unbranched alkanes of at least 4 members (excludes halogenated alkanes) is 1. The van der Waals surface area contributed by atoms with Crippen LogP contribution < -0.4 is 15.5 Å². The van der Waals surface area contributed by atoms with Crippen LogP contribution in [0.4, 0.5) is 16.6 Å². The third-order valence-corrected chi connectivity index (χ3v) is 5.80. The molecule has 3 heterocycles. The van der Waals surface area contributed by atoms with Crippen LogP contribution >= 0.6 is 11.5 Å². The van der Waals surface area contributed by atoms with Gasteiger partial charge < -0.3 is 20.4 Å². The fraction of sp³-hybridized carbons (Fsp3) is 0.435. The zero-order valence-electron chi connectivity index (χ0n) is 19.7. The van der Waals surface area contributed by atoms with Crippen LogP contribution in [0.25, 0.3) is 11.2 Å². The minimum atomic E-state index is 0.796. The van der Waals surface area contributed by atoms with Gasteiger partial charge in [-0.25, -0.2) is 4.98 Å². The molecular weight excluding hydrogens is 420 g/mol. The van der Waals surface area contributed by atoms with E-state index in [2.05, 4.69) is 44.6 Å². The number of nitrogens with one attached hydrogen (secondary N) is 2. The summed E-state index contributed by atoms with van der Waals surface area (Å²) >= 11 is 1.44. The molecule has 3 aromatic rings. The van der Waals surface area contributed by atoms with Gasteiger partial charge in [-0.3, -0.25) is 0 Å². The summed E-state index contributed by atoms with van der Waals surface area (Å²) in [5, 5.41) is 12.4. The zero-order valence-corrected chi connectivity index (χ0v) is 20.5. The van der Waals surface area contributed by atoms with Crippen LogP contribution in [0.2, 0.25) is 0 Å². The molecule has 0 unspecified atom stereocenters. The standard InChI is InChI=1S/C23H34N8S/c1-7-9-11-30(12-10-24-4)20-14-21(26-22-13-17(3)28-32-22)31-23(27-20)19(15-25-31)18(8-2)16-29(5)6/h8,13-16,24,26H,2,7,9-12H2,1,3-6H3/b18-16+. The molecule has 8 nitrogen and oxygen atoms in total. The summed E-state index contributed by atoms with van der Waals surface area (Å²) < 4.78 is 6.26. The molecule has 0 radical (unpaired) electrons. The summed E-state index contributed by atoms with van der Waals surface area (Å²) in [5.74, 6) is 1.79. The average molecular weight is 455 g/mol. The molecule has 0 aromatic carbocycles. The largest absolute Gasteiger partial charge is 0.383 e. The number of allylic oxidation sites excluding steroid dienone is 2. The maximum absolute atomic E-state index is 5.06. The third kappa shape index (κ3) is 5.66. The Morgan fingerprint density at radius 2 is 2.09 bits per heavy atom. The van der Waals surface area contributed by atoms with Crippen molar-refractivity contribution < 1.29 is 0 Å². The van der Waals surface area contributed by atoms with Gasteiger partial charge >= 0.3 is 0 Å². The first kappa shape index (κ1) is 23.7. The van der Waals surface area contributed by atoms with Crippen LogP contribution in [0.3, 0.4) is 0 Å². The van der Waals surface area contributed by atoms with Crippen molar-refractivity contribution in [2.24, 2.45) is 0 Å². The van der Waals surface area contributed by atoms with E-state index in [9.17, 15) is 0 Å². The van der Waals surface area contributed by atoms with Crippen molar-refractivity contribution in [3.05, 3.63) is 48.4 Å². The molecule has 0 amide bonds. The Hall–Kier alpha value is -2.91. The molecule has 0 fully saturated rings. The monoisotopic (exact) mass is 454 g/mol. The number of aryl methyl sites for hydroxylation is 1. The van der Waals surface area contributed by atoms with Crippen molar-refractivity contribution in [2.75, 3.05) is 51.0 Å². The first-order chi connectivity index (χ1) is 15.5. The van der Waals surface area contributed by atoms with Crippen molar-refractivity contribution in [1.29, 1.82) is 0 Å². The molecule has 0 atom stereocenters. The molecule has 0 bridgehead atoms. The van der Waals surface area contributed by atoms with Crippen molar-refractivity contribution in [2.45, 2.75) is 26.7 Å². The molecule has 0 aliphatic heterocycles. The fourth-order valence-electron chi connectivity index (χ4n) is 3.40. The predicted octanol–water partition coefficient (Wildman–Crippen LogP) is 4.15. The Morgan fingerprint density at radius 1 is 1.28 bits per heavy atom. The van der Waals surface area contributed by atoms with E-state index in [4.69, 9.17) is 4.98 Å². The van der Waals surface area contributed by atoms with Crippen molar-refractivity contribution in [3.8, 4) is 0 Å². The van der Waals surface area contributed by atoms with Gasteiger partial charge in [0.05, 0.1) is 11.9 Å². The summed E-state index contributed by atoms with van der Waals surface area (Å²) in [6.07, 6.45) is 7.98. The van der Waals surface area contributed by atoms with Crippen LogP contribution in [0.15, 0.2) is 37.2 Å². The number of fused-ring (bicyclic) bond motifs is 1. The van der Waals surface area contributed by atoms with E-state index in [0.717, 1.165) is 71.6 Å². The second-order valence-corrected chi connectivity index (χ2v) is 8.75. The Bertz CT molecular complexity index is 1060. The maximum atomic E-state index is 5.06. The van der Waals surface area contributed by atoms with Gasteiger partial charge in [0.15, 0.2) is 5.65 Å². The lowest BCUT2D eigenvalue weighted by Gasteiger charge is -2.24. The van der Waals surface area contributed by atoms with E-state index in [1.54, 1.807) is 0 Å². The third-order valence-electron chi connectivity index (χ3n) is 5.00. The quantitative estimate of drug-likeness (QED) is 0.398. The SMILES string of the molecule is C=C/C(=C\N(C)C)c1cnn2c(Nc3cc(C)ns3)cc(N(CCCC)CCNC)nc12. The minimum absolute atomic E-state index is 0.796. The van der Waals surface area contributed by atoms with E-state index < -0.39 is 0 Å². The van der Waals surface area contributed by atoms with E-state index in [1.807, 2.05) is 62.0 Å². The number of likely N-dealkylation sites (N-methyl/N-ethyl adjacent to an activating group) is 1. The smallest absolute Gasteiger partial charge is 0.167 e. The minimum Gasteiger partial charge on any atom is -0.383 e. The lowest BCUT2D eigenvalue weighted by Crippen LogP contribution is -2.32. The molecule has 0 spiro atoms. The van der Waals surface area contributed by atoms with Crippen LogP contribution in [0.5, 0.6) is 0 Å². The highest BCUT2D eigenvalue weighted by Crippen LogP contribution is 2.29. The lowest BCUT2D eigenvalue weighted by molar-refractivity contribution is 0.566. The summed E-state index contributed by atoms with van der Waals surface area (Å²) in [4.78, 5) is 9.40. The number of rotatable bonds is 12. The fourth-order valence-corrected chi connectivity index (χ4v) is 4.07. The van der Waals surface area contributed by atoms with Crippen molar-refractivity contribution in [1.82, 2.24) is 29.2 Å². The molecule has 9 heteroatoms. The molecule has 172 valence electrons. The van der Waals surface area contributed by atoms with Crippen LogP contribution in [-0.2, 0) is 0 Å². The second kappa shape index (κ2) is 11.1. The highest BCUT2D eigenvalue weighted by Gasteiger charge is 2.17. The number of hydrogen-bond donors (Lipinski definition) is 2. The van der Waals surface area contributed by atoms with E-state index in [1.165, 1.54) is 11.5 Å².